The Labute approximate surface area is 328 Å². The van der Waals surface area contributed by atoms with Crippen LogP contribution in [0.3, 0.4) is 0 Å². The van der Waals surface area contributed by atoms with Crippen LogP contribution in [0, 0.1) is 0 Å². The highest BCUT2D eigenvalue weighted by molar-refractivity contribution is 7.99. The number of nitrogens with one attached hydrogen (secondary N) is 2. The molecule has 0 bridgehead atoms. The lowest BCUT2D eigenvalue weighted by Crippen LogP contribution is -2.21. The van der Waals surface area contributed by atoms with Gasteiger partial charge >= 0.3 is 0 Å². The van der Waals surface area contributed by atoms with E-state index >= 15 is 0 Å². The van der Waals surface area contributed by atoms with Crippen molar-refractivity contribution >= 4 is 34.9 Å². The van der Waals surface area contributed by atoms with Crippen molar-refractivity contribution in [2.24, 2.45) is 0 Å². The molecule has 0 amide bonds. The van der Waals surface area contributed by atoms with Crippen molar-refractivity contribution in [3.8, 4) is 34.3 Å². The molecule has 276 valence electrons. The molecule has 2 aliphatic rings. The Hall–Kier alpha value is -5.76. The van der Waals surface area contributed by atoms with E-state index in [-0.39, 0.29) is 12.2 Å². The van der Waals surface area contributed by atoms with Crippen molar-refractivity contribution in [1.82, 2.24) is 30.4 Å². The molecule has 2 N–H and O–H groups in total. The summed E-state index contributed by atoms with van der Waals surface area (Å²) in [5.41, 5.74) is 8.37. The Balaban J connectivity index is 1.09. The molecule has 0 fully saturated rings. The highest BCUT2D eigenvalue weighted by Crippen LogP contribution is 2.43. The van der Waals surface area contributed by atoms with Crippen LogP contribution >= 0.6 is 23.5 Å². The Morgan fingerprint density at radius 3 is 1.49 bits per heavy atom. The highest BCUT2D eigenvalue weighted by atomic mass is 32.2. The summed E-state index contributed by atoms with van der Waals surface area (Å²) in [6.45, 7) is 11.7. The van der Waals surface area contributed by atoms with Crippen molar-refractivity contribution in [3.63, 3.8) is 0 Å². The van der Waals surface area contributed by atoms with Gasteiger partial charge < -0.3 is 24.8 Å². The molecule has 4 heterocycles. The fourth-order valence-corrected chi connectivity index (χ4v) is 7.68. The Bertz CT molecular complexity index is 2200. The fourth-order valence-electron chi connectivity index (χ4n) is 6.66. The molecule has 0 radical (unpaired) electrons. The second-order valence-electron chi connectivity index (χ2n) is 12.7. The molecular weight excluding hydrogens is 729 g/mol. The first-order valence-corrected chi connectivity index (χ1v) is 19.8. The second kappa shape index (κ2) is 16.3. The lowest BCUT2D eigenvalue weighted by molar-refractivity contribution is 0.00332. The number of anilines is 2. The van der Waals surface area contributed by atoms with Crippen LogP contribution in [0.2, 0.25) is 0 Å². The van der Waals surface area contributed by atoms with Crippen molar-refractivity contribution in [1.29, 1.82) is 0 Å². The normalized spacial score (nSPS) is 16.4. The minimum Gasteiger partial charge on any atom is -0.448 e. The van der Waals surface area contributed by atoms with E-state index < -0.39 is 12.5 Å². The summed E-state index contributed by atoms with van der Waals surface area (Å²) in [5.74, 6) is 2.12. The fraction of sp³-hybridized carbons (Fsp3) is 0.190. The molecule has 0 saturated heterocycles. The number of para-hydroxylation sites is 2. The van der Waals surface area contributed by atoms with Gasteiger partial charge in [0.15, 0.2) is 23.8 Å². The summed E-state index contributed by atoms with van der Waals surface area (Å²) in [7, 11) is 0. The molecule has 8 rings (SSSR count). The largest absolute Gasteiger partial charge is 0.448 e. The van der Waals surface area contributed by atoms with Crippen molar-refractivity contribution in [3.05, 3.63) is 145 Å². The van der Waals surface area contributed by atoms with Crippen LogP contribution in [0.4, 0.5) is 11.4 Å². The van der Waals surface area contributed by atoms with Gasteiger partial charge in [0.1, 0.15) is 0 Å². The lowest BCUT2D eigenvalue weighted by atomic mass is 9.99. The predicted molar refractivity (Wildman–Crippen MR) is 217 cm³/mol. The summed E-state index contributed by atoms with van der Waals surface area (Å²) in [6.07, 6.45) is 1.77. The molecule has 4 aromatic carbocycles. The number of benzene rings is 4. The van der Waals surface area contributed by atoms with Gasteiger partial charge in [-0.1, -0.05) is 121 Å². The first-order valence-electron chi connectivity index (χ1n) is 17.9. The van der Waals surface area contributed by atoms with E-state index in [1.54, 1.807) is 0 Å². The van der Waals surface area contributed by atoms with Gasteiger partial charge in [0.25, 0.3) is 0 Å². The third-order valence-electron chi connectivity index (χ3n) is 9.17. The van der Waals surface area contributed by atoms with Crippen LogP contribution in [-0.4, -0.2) is 41.9 Å². The maximum Gasteiger partial charge on any atom is 0.247 e. The first kappa shape index (κ1) is 36.2. The smallest absolute Gasteiger partial charge is 0.247 e. The number of hydrogen-bond donors (Lipinski definition) is 2. The molecule has 4 atom stereocenters. The highest BCUT2D eigenvalue weighted by Gasteiger charge is 2.31. The van der Waals surface area contributed by atoms with E-state index in [0.717, 1.165) is 44.8 Å². The van der Waals surface area contributed by atoms with Gasteiger partial charge in [0.05, 0.1) is 12.2 Å². The Morgan fingerprint density at radius 2 is 1.04 bits per heavy atom. The Morgan fingerprint density at radius 1 is 0.618 bits per heavy atom. The molecule has 0 saturated carbocycles. The van der Waals surface area contributed by atoms with Gasteiger partial charge in [-0.25, -0.2) is 0 Å². The summed E-state index contributed by atoms with van der Waals surface area (Å²) in [6, 6.07) is 32.2. The molecule has 0 spiro atoms. The van der Waals surface area contributed by atoms with Crippen molar-refractivity contribution < 1.29 is 14.2 Å². The molecule has 4 unspecified atom stereocenters. The maximum absolute atomic E-state index is 6.88. The number of nitrogens with zero attached hydrogens (tertiary/aromatic N) is 6. The number of fused-ring (bicyclic) bond motifs is 6. The van der Waals surface area contributed by atoms with Crippen LogP contribution in [0.15, 0.2) is 133 Å². The van der Waals surface area contributed by atoms with E-state index in [1.807, 2.05) is 84.9 Å². The van der Waals surface area contributed by atoms with Crippen molar-refractivity contribution in [2.45, 2.75) is 48.8 Å². The lowest BCUT2D eigenvalue weighted by Gasteiger charge is -2.28. The summed E-state index contributed by atoms with van der Waals surface area (Å²) < 4.78 is 20.2. The number of ether oxygens (including phenoxy) is 3. The van der Waals surface area contributed by atoms with Crippen LogP contribution < -0.4 is 20.1 Å². The zero-order valence-electron chi connectivity index (χ0n) is 30.3. The zero-order chi connectivity index (χ0) is 37.7. The standard InChI is InChI=1S/C42H38N8O3S2/c1-5-23-54-41-45-39-35(47-49-41)31-19-11-13-21-33(31)43-37(52-39)29-17-9-7-15-27(29)25(3)51-26(4)28-16-8-10-18-30(28)38-44-34-22-14-12-20-32(34)36-40(53-38)46-42(50-48-36)55-24-6-2/h5-22,25-26,37-38,43-44H,1-2,23-24H2,3-4H3. The first-order chi connectivity index (χ1) is 27.0. The van der Waals surface area contributed by atoms with Gasteiger partial charge in [-0.15, -0.1) is 33.6 Å². The van der Waals surface area contributed by atoms with Gasteiger partial charge in [-0.2, -0.15) is 9.97 Å². The third-order valence-corrected chi connectivity index (χ3v) is 10.8. The van der Waals surface area contributed by atoms with Crippen molar-refractivity contribution in [2.75, 3.05) is 22.1 Å². The van der Waals surface area contributed by atoms with Gasteiger partial charge in [0, 0.05) is 45.1 Å². The van der Waals surface area contributed by atoms with E-state index in [4.69, 9.17) is 24.2 Å². The molecular formula is C42H38N8O3S2. The van der Waals surface area contributed by atoms with Crippen LogP contribution in [0.25, 0.3) is 22.5 Å². The summed E-state index contributed by atoms with van der Waals surface area (Å²) in [4.78, 5) is 9.54. The summed E-state index contributed by atoms with van der Waals surface area (Å²) in [5, 5.41) is 26.0. The topological polar surface area (TPSA) is 129 Å². The summed E-state index contributed by atoms with van der Waals surface area (Å²) >= 11 is 2.90. The van der Waals surface area contributed by atoms with Gasteiger partial charge in [0.2, 0.25) is 22.1 Å². The van der Waals surface area contributed by atoms with Crippen LogP contribution in [0.5, 0.6) is 11.8 Å². The number of hydrogen-bond acceptors (Lipinski definition) is 13. The monoisotopic (exact) mass is 766 g/mol. The van der Waals surface area contributed by atoms with E-state index in [9.17, 15) is 0 Å². The average Bonchev–Trinajstić information content (AvgIpc) is 3.49. The molecule has 55 heavy (non-hydrogen) atoms. The predicted octanol–water partition coefficient (Wildman–Crippen LogP) is 9.79. The number of rotatable bonds is 12. The SMILES string of the molecule is C=CCSc1nnc2c(n1)OC(c1ccccc1C(C)OC(C)c1ccccc1C1Nc3ccccc3-c3nnc(SCC=C)nc3O1)Nc1ccccc1-2. The van der Waals surface area contributed by atoms with E-state index in [0.29, 0.717) is 45.0 Å². The zero-order valence-corrected chi connectivity index (χ0v) is 31.9. The molecule has 2 aliphatic heterocycles. The molecule has 0 aliphatic carbocycles. The quantitative estimate of drug-likeness (QED) is 0.0907. The van der Waals surface area contributed by atoms with E-state index in [1.165, 1.54) is 23.5 Å². The molecule has 2 aromatic heterocycles. The average molecular weight is 767 g/mol. The molecule has 13 heteroatoms. The van der Waals surface area contributed by atoms with Crippen LogP contribution in [0.1, 0.15) is 60.8 Å². The second-order valence-corrected chi connectivity index (χ2v) is 14.7. The maximum atomic E-state index is 6.88. The molecule has 11 nitrogen and oxygen atoms in total. The van der Waals surface area contributed by atoms with Gasteiger partial charge in [-0.05, 0) is 37.1 Å². The van der Waals surface area contributed by atoms with E-state index in [2.05, 4.69) is 82.3 Å². The number of thioether (sulfide) groups is 2. The molecule has 6 aromatic rings. The number of aromatic nitrogens is 6. The minimum atomic E-state index is -0.588. The minimum absolute atomic E-state index is 0.337. The van der Waals surface area contributed by atoms with Gasteiger partial charge in [-0.3, -0.25) is 0 Å². The third kappa shape index (κ3) is 7.63. The van der Waals surface area contributed by atoms with Crippen LogP contribution in [-0.2, 0) is 4.74 Å². The Kier molecular flexibility index (Phi) is 10.7.